The first-order valence-electron chi connectivity index (χ1n) is 9.80. The number of hydrogen-bond donors (Lipinski definition) is 2. The van der Waals surface area contributed by atoms with Gasteiger partial charge in [-0.2, -0.15) is 0 Å². The van der Waals surface area contributed by atoms with Gasteiger partial charge in [0, 0.05) is 56.8 Å². The molecule has 1 aliphatic rings. The molecular formula is C21H33IN4O2. The zero-order chi connectivity index (χ0) is 19.1. The second-order valence-corrected chi connectivity index (χ2v) is 7.20. The lowest BCUT2D eigenvalue weighted by molar-refractivity contribution is 0.0536. The number of H-pyrrole nitrogens is 1. The van der Waals surface area contributed by atoms with Gasteiger partial charge in [-0.1, -0.05) is 18.2 Å². The number of nitrogens with zero attached hydrogens (tertiary/aromatic N) is 2. The second-order valence-electron chi connectivity index (χ2n) is 7.20. The number of aryl methyl sites for hydroxylation is 1. The molecular weight excluding hydrogens is 467 g/mol. The normalized spacial score (nSPS) is 17.2. The molecule has 1 aromatic heterocycles. The number of benzene rings is 1. The van der Waals surface area contributed by atoms with E-state index in [1.165, 1.54) is 22.0 Å². The van der Waals surface area contributed by atoms with Crippen LogP contribution in [0.4, 0.5) is 0 Å². The van der Waals surface area contributed by atoms with E-state index < -0.39 is 0 Å². The molecule has 0 bridgehead atoms. The molecule has 1 unspecified atom stereocenters. The van der Waals surface area contributed by atoms with E-state index in [4.69, 9.17) is 9.47 Å². The standard InChI is InChI=1S/C21H32N4O2.HI/c1-16-5-4-6-19-18(13-24-20(16)19)7-9-23-21(22-2)25-10-8-17(14-25)15-27-12-11-26-3;/h4-6,13,17,24H,7-12,14-15H2,1-3H3,(H,22,23);1H. The highest BCUT2D eigenvalue weighted by atomic mass is 127. The molecule has 1 saturated heterocycles. The summed E-state index contributed by atoms with van der Waals surface area (Å²) in [6.45, 7) is 7.18. The average molecular weight is 500 g/mol. The van der Waals surface area contributed by atoms with Crippen LogP contribution in [0.15, 0.2) is 29.4 Å². The topological polar surface area (TPSA) is 61.9 Å². The van der Waals surface area contributed by atoms with Crippen molar-refractivity contribution >= 4 is 40.8 Å². The number of guanidine groups is 1. The van der Waals surface area contributed by atoms with Crippen LogP contribution in [0.2, 0.25) is 0 Å². The molecule has 156 valence electrons. The number of aliphatic imine (C=N–C) groups is 1. The Hall–Kier alpha value is -1.32. The predicted molar refractivity (Wildman–Crippen MR) is 126 cm³/mol. The maximum Gasteiger partial charge on any atom is 0.193 e. The highest BCUT2D eigenvalue weighted by Gasteiger charge is 2.24. The summed E-state index contributed by atoms with van der Waals surface area (Å²) in [6.07, 6.45) is 4.25. The minimum Gasteiger partial charge on any atom is -0.382 e. The van der Waals surface area contributed by atoms with Crippen LogP contribution in [0, 0.1) is 12.8 Å². The molecule has 1 aromatic carbocycles. The summed E-state index contributed by atoms with van der Waals surface area (Å²) in [6, 6.07) is 6.46. The first kappa shape index (κ1) is 23.0. The highest BCUT2D eigenvalue weighted by molar-refractivity contribution is 14.0. The SMILES string of the molecule is CN=C(NCCc1c[nH]c2c(C)cccc12)N1CCC(COCCOC)C1.I. The molecule has 0 saturated carbocycles. The summed E-state index contributed by atoms with van der Waals surface area (Å²) in [5.74, 6) is 1.56. The summed E-state index contributed by atoms with van der Waals surface area (Å²) >= 11 is 0. The number of methoxy groups -OCH3 is 1. The molecule has 28 heavy (non-hydrogen) atoms. The number of aromatic amines is 1. The van der Waals surface area contributed by atoms with E-state index in [1.807, 2.05) is 7.05 Å². The molecule has 7 heteroatoms. The van der Waals surface area contributed by atoms with Crippen LogP contribution in [0.5, 0.6) is 0 Å². The Morgan fingerprint density at radius 2 is 2.21 bits per heavy atom. The van der Waals surface area contributed by atoms with Crippen molar-refractivity contribution in [1.29, 1.82) is 0 Å². The third-order valence-corrected chi connectivity index (χ3v) is 5.27. The van der Waals surface area contributed by atoms with Crippen molar-refractivity contribution in [2.24, 2.45) is 10.9 Å². The van der Waals surface area contributed by atoms with Crippen LogP contribution in [0.25, 0.3) is 10.9 Å². The van der Waals surface area contributed by atoms with Crippen LogP contribution >= 0.6 is 24.0 Å². The summed E-state index contributed by atoms with van der Waals surface area (Å²) in [7, 11) is 3.56. The number of halogens is 1. The molecule has 0 amide bonds. The van der Waals surface area contributed by atoms with Gasteiger partial charge in [-0.05, 0) is 30.9 Å². The van der Waals surface area contributed by atoms with Crippen LogP contribution in [0.1, 0.15) is 17.5 Å². The lowest BCUT2D eigenvalue weighted by atomic mass is 10.1. The minimum absolute atomic E-state index is 0. The van der Waals surface area contributed by atoms with Crippen molar-refractivity contribution in [3.8, 4) is 0 Å². The van der Waals surface area contributed by atoms with E-state index in [1.54, 1.807) is 7.11 Å². The molecule has 0 spiro atoms. The first-order chi connectivity index (χ1) is 13.2. The summed E-state index contributed by atoms with van der Waals surface area (Å²) < 4.78 is 10.7. The molecule has 0 aliphatic carbocycles. The van der Waals surface area contributed by atoms with Gasteiger partial charge in [0.05, 0.1) is 19.8 Å². The van der Waals surface area contributed by atoms with Crippen molar-refractivity contribution in [2.75, 3.05) is 53.6 Å². The molecule has 2 N–H and O–H groups in total. The molecule has 2 heterocycles. The number of nitrogens with one attached hydrogen (secondary N) is 2. The van der Waals surface area contributed by atoms with Gasteiger partial charge in [-0.15, -0.1) is 24.0 Å². The van der Waals surface area contributed by atoms with E-state index in [0.29, 0.717) is 19.1 Å². The van der Waals surface area contributed by atoms with Gasteiger partial charge in [-0.3, -0.25) is 4.99 Å². The number of aromatic nitrogens is 1. The smallest absolute Gasteiger partial charge is 0.193 e. The zero-order valence-corrected chi connectivity index (χ0v) is 19.5. The van der Waals surface area contributed by atoms with Crippen LogP contribution in [0.3, 0.4) is 0 Å². The Labute approximate surface area is 185 Å². The molecule has 0 radical (unpaired) electrons. The molecule has 3 rings (SSSR count). The third kappa shape index (κ3) is 5.84. The van der Waals surface area contributed by atoms with E-state index >= 15 is 0 Å². The molecule has 1 aliphatic heterocycles. The van der Waals surface area contributed by atoms with Gasteiger partial charge in [0.2, 0.25) is 0 Å². The minimum atomic E-state index is 0. The average Bonchev–Trinajstić information content (AvgIpc) is 3.31. The van der Waals surface area contributed by atoms with E-state index in [2.05, 4.69) is 51.5 Å². The van der Waals surface area contributed by atoms with E-state index in [0.717, 1.165) is 45.0 Å². The van der Waals surface area contributed by atoms with E-state index in [-0.39, 0.29) is 24.0 Å². The van der Waals surface area contributed by atoms with Crippen molar-refractivity contribution in [1.82, 2.24) is 15.2 Å². The monoisotopic (exact) mass is 500 g/mol. The maximum atomic E-state index is 5.68. The Morgan fingerprint density at radius 1 is 1.36 bits per heavy atom. The highest BCUT2D eigenvalue weighted by Crippen LogP contribution is 2.21. The Kier molecular flexibility index (Phi) is 9.53. The molecule has 6 nitrogen and oxygen atoms in total. The maximum absolute atomic E-state index is 5.68. The van der Waals surface area contributed by atoms with Crippen molar-refractivity contribution in [3.05, 3.63) is 35.5 Å². The van der Waals surface area contributed by atoms with Gasteiger partial charge in [0.15, 0.2) is 5.96 Å². The number of rotatable bonds is 8. The van der Waals surface area contributed by atoms with Crippen molar-refractivity contribution in [2.45, 2.75) is 19.8 Å². The fourth-order valence-corrected chi connectivity index (χ4v) is 3.77. The summed E-state index contributed by atoms with van der Waals surface area (Å²) in [5.41, 5.74) is 3.88. The number of para-hydroxylation sites is 1. The van der Waals surface area contributed by atoms with Gasteiger partial charge in [0.1, 0.15) is 0 Å². The zero-order valence-electron chi connectivity index (χ0n) is 17.2. The van der Waals surface area contributed by atoms with Crippen LogP contribution in [-0.4, -0.2) is 69.5 Å². The Balaban J connectivity index is 0.00000280. The van der Waals surface area contributed by atoms with E-state index in [9.17, 15) is 0 Å². The molecule has 1 fully saturated rings. The van der Waals surface area contributed by atoms with Crippen LogP contribution in [-0.2, 0) is 15.9 Å². The van der Waals surface area contributed by atoms with Gasteiger partial charge in [-0.25, -0.2) is 0 Å². The largest absolute Gasteiger partial charge is 0.382 e. The fourth-order valence-electron chi connectivity index (χ4n) is 3.77. The number of hydrogen-bond acceptors (Lipinski definition) is 3. The lowest BCUT2D eigenvalue weighted by Gasteiger charge is -2.21. The number of ether oxygens (including phenoxy) is 2. The third-order valence-electron chi connectivity index (χ3n) is 5.27. The van der Waals surface area contributed by atoms with Crippen molar-refractivity contribution in [3.63, 3.8) is 0 Å². The summed E-state index contributed by atoms with van der Waals surface area (Å²) in [5, 5.41) is 4.85. The Bertz CT molecular complexity index is 762. The Morgan fingerprint density at radius 3 is 3.00 bits per heavy atom. The number of likely N-dealkylation sites (tertiary alicyclic amines) is 1. The molecule has 1 atom stereocenters. The van der Waals surface area contributed by atoms with Crippen LogP contribution < -0.4 is 5.32 Å². The second kappa shape index (κ2) is 11.6. The van der Waals surface area contributed by atoms with Gasteiger partial charge < -0.3 is 24.7 Å². The first-order valence-corrected chi connectivity index (χ1v) is 9.80. The predicted octanol–water partition coefficient (Wildman–Crippen LogP) is 3.20. The van der Waals surface area contributed by atoms with Gasteiger partial charge >= 0.3 is 0 Å². The number of fused-ring (bicyclic) bond motifs is 1. The molecule has 2 aromatic rings. The fraction of sp³-hybridized carbons (Fsp3) is 0.571. The summed E-state index contributed by atoms with van der Waals surface area (Å²) in [4.78, 5) is 10.2. The van der Waals surface area contributed by atoms with Crippen molar-refractivity contribution < 1.29 is 9.47 Å². The lowest BCUT2D eigenvalue weighted by Crippen LogP contribution is -2.41. The quantitative estimate of drug-likeness (QED) is 0.253. The van der Waals surface area contributed by atoms with Gasteiger partial charge in [0.25, 0.3) is 0 Å².